The number of carbonyl (C=O) groups is 2. The van der Waals surface area contributed by atoms with Gasteiger partial charge >= 0.3 is 5.97 Å². The molecule has 4 nitrogen and oxygen atoms in total. The second-order valence-electron chi connectivity index (χ2n) is 5.29. The highest BCUT2D eigenvalue weighted by Gasteiger charge is 2.40. The Balaban J connectivity index is 1.84. The maximum atomic E-state index is 11.7. The zero-order valence-corrected chi connectivity index (χ0v) is 11.5. The predicted octanol–water partition coefficient (Wildman–Crippen LogP) is 2.44. The number of hydrogen-bond donors (Lipinski definition) is 1. The Kier molecular flexibility index (Phi) is 3.88. The largest absolute Gasteiger partial charge is 0.455 e. The lowest BCUT2D eigenvalue weighted by molar-refractivity contribution is -0.148. The molecule has 0 heterocycles. The van der Waals surface area contributed by atoms with E-state index in [0.717, 1.165) is 23.2 Å². The third-order valence-corrected chi connectivity index (χ3v) is 3.42. The Morgan fingerprint density at radius 1 is 1.37 bits per heavy atom. The quantitative estimate of drug-likeness (QED) is 0.847. The van der Waals surface area contributed by atoms with Gasteiger partial charge in [-0.1, -0.05) is 19.1 Å². The van der Waals surface area contributed by atoms with Gasteiger partial charge in [-0.3, -0.25) is 9.59 Å². The topological polar surface area (TPSA) is 55.4 Å². The van der Waals surface area contributed by atoms with Crippen LogP contribution in [0.4, 0.5) is 5.69 Å². The summed E-state index contributed by atoms with van der Waals surface area (Å²) in [7, 11) is 0. The second-order valence-corrected chi connectivity index (χ2v) is 5.29. The molecule has 0 aliphatic heterocycles. The lowest BCUT2D eigenvalue weighted by Gasteiger charge is -2.09. The average Bonchev–Trinajstić information content (AvgIpc) is 3.08. The molecule has 0 radical (unpaired) electrons. The molecule has 2 atom stereocenters. The van der Waals surface area contributed by atoms with Crippen molar-refractivity contribution in [3.8, 4) is 0 Å². The van der Waals surface area contributed by atoms with Crippen LogP contribution < -0.4 is 5.32 Å². The van der Waals surface area contributed by atoms with E-state index >= 15 is 0 Å². The van der Waals surface area contributed by atoms with Gasteiger partial charge in [0, 0.05) is 5.69 Å². The standard InChI is InChI=1S/C15H19NO3/c1-9-4-5-10(2)13(6-9)16-14(17)8-19-15(18)12-7-11(12)3/h4-6,11-12H,7-8H2,1-3H3,(H,16,17)/t11-,12+/m0/s1. The molecule has 1 saturated carbocycles. The molecule has 1 aromatic rings. The van der Waals surface area contributed by atoms with Crippen molar-refractivity contribution in [3.63, 3.8) is 0 Å². The molecule has 1 aliphatic rings. The van der Waals surface area contributed by atoms with Crippen LogP contribution in [0, 0.1) is 25.7 Å². The van der Waals surface area contributed by atoms with E-state index in [9.17, 15) is 9.59 Å². The van der Waals surface area contributed by atoms with Gasteiger partial charge in [0.15, 0.2) is 6.61 Å². The molecule has 0 saturated heterocycles. The van der Waals surface area contributed by atoms with Gasteiger partial charge < -0.3 is 10.1 Å². The van der Waals surface area contributed by atoms with E-state index in [0.29, 0.717) is 5.92 Å². The van der Waals surface area contributed by atoms with E-state index in [2.05, 4.69) is 5.32 Å². The molecule has 1 amide bonds. The smallest absolute Gasteiger partial charge is 0.309 e. The maximum absolute atomic E-state index is 11.7. The first-order valence-electron chi connectivity index (χ1n) is 6.51. The van der Waals surface area contributed by atoms with Gasteiger partial charge in [0.2, 0.25) is 0 Å². The van der Waals surface area contributed by atoms with E-state index in [1.165, 1.54) is 0 Å². The number of esters is 1. The lowest BCUT2D eigenvalue weighted by atomic mass is 10.1. The highest BCUT2D eigenvalue weighted by Crippen LogP contribution is 2.38. The van der Waals surface area contributed by atoms with Gasteiger partial charge in [-0.2, -0.15) is 0 Å². The number of hydrogen-bond acceptors (Lipinski definition) is 3. The molecule has 2 rings (SSSR count). The third-order valence-electron chi connectivity index (χ3n) is 3.42. The number of benzene rings is 1. The van der Waals surface area contributed by atoms with Crippen LogP contribution in [0.5, 0.6) is 0 Å². The number of ether oxygens (including phenoxy) is 1. The molecule has 102 valence electrons. The molecule has 0 unspecified atom stereocenters. The molecule has 4 heteroatoms. The van der Waals surface area contributed by atoms with Gasteiger partial charge in [-0.05, 0) is 43.4 Å². The van der Waals surface area contributed by atoms with Crippen molar-refractivity contribution in [2.45, 2.75) is 27.2 Å². The summed E-state index contributed by atoms with van der Waals surface area (Å²) in [4.78, 5) is 23.2. The SMILES string of the molecule is Cc1ccc(C)c(NC(=O)COC(=O)[C@@H]2C[C@@H]2C)c1. The maximum Gasteiger partial charge on any atom is 0.309 e. The van der Waals surface area contributed by atoms with Crippen molar-refractivity contribution >= 4 is 17.6 Å². The molecule has 19 heavy (non-hydrogen) atoms. The summed E-state index contributed by atoms with van der Waals surface area (Å²) in [5.74, 6) is -0.165. The van der Waals surface area contributed by atoms with E-state index in [1.54, 1.807) is 0 Å². The van der Waals surface area contributed by atoms with E-state index in [4.69, 9.17) is 4.74 Å². The molecule has 1 aromatic carbocycles. The fourth-order valence-electron chi connectivity index (χ4n) is 1.95. The first-order valence-corrected chi connectivity index (χ1v) is 6.51. The van der Waals surface area contributed by atoms with Gasteiger partial charge in [-0.15, -0.1) is 0 Å². The third kappa shape index (κ3) is 3.56. The number of nitrogens with one attached hydrogen (secondary N) is 1. The Hall–Kier alpha value is -1.84. The van der Waals surface area contributed by atoms with Crippen LogP contribution in [0.2, 0.25) is 0 Å². The van der Waals surface area contributed by atoms with Crippen LogP contribution in [0.1, 0.15) is 24.5 Å². The summed E-state index contributed by atoms with van der Waals surface area (Å²) in [5.41, 5.74) is 2.83. The zero-order valence-electron chi connectivity index (χ0n) is 11.5. The Labute approximate surface area is 113 Å². The van der Waals surface area contributed by atoms with Crippen molar-refractivity contribution in [2.75, 3.05) is 11.9 Å². The molecule has 0 aromatic heterocycles. The van der Waals surface area contributed by atoms with E-state index in [1.807, 2.05) is 39.0 Å². The van der Waals surface area contributed by atoms with Crippen LogP contribution in [-0.4, -0.2) is 18.5 Å². The first-order chi connectivity index (χ1) is 8.97. The van der Waals surface area contributed by atoms with Crippen LogP contribution in [0.3, 0.4) is 0 Å². The summed E-state index contributed by atoms with van der Waals surface area (Å²) in [6.45, 7) is 5.67. The summed E-state index contributed by atoms with van der Waals surface area (Å²) >= 11 is 0. The van der Waals surface area contributed by atoms with Crippen molar-refractivity contribution in [1.82, 2.24) is 0 Å². The Bertz CT molecular complexity index is 510. The highest BCUT2D eigenvalue weighted by molar-refractivity contribution is 5.93. The monoisotopic (exact) mass is 261 g/mol. The number of amides is 1. The Morgan fingerprint density at radius 3 is 2.68 bits per heavy atom. The second kappa shape index (κ2) is 5.43. The average molecular weight is 261 g/mol. The van der Waals surface area contributed by atoms with Gasteiger partial charge in [0.05, 0.1) is 5.92 Å². The summed E-state index contributed by atoms with van der Waals surface area (Å²) in [6.07, 6.45) is 0.872. The highest BCUT2D eigenvalue weighted by atomic mass is 16.5. The summed E-state index contributed by atoms with van der Waals surface area (Å²) in [5, 5.41) is 2.76. The van der Waals surface area contributed by atoms with E-state index in [-0.39, 0.29) is 24.4 Å². The molecule has 0 spiro atoms. The number of rotatable bonds is 4. The summed E-state index contributed by atoms with van der Waals surface area (Å²) < 4.78 is 4.99. The van der Waals surface area contributed by atoms with Crippen LogP contribution in [0.25, 0.3) is 0 Å². The summed E-state index contributed by atoms with van der Waals surface area (Å²) in [6, 6.07) is 5.83. The molecule has 1 fully saturated rings. The van der Waals surface area contributed by atoms with Gasteiger partial charge in [0.25, 0.3) is 5.91 Å². The van der Waals surface area contributed by atoms with Crippen LogP contribution in [0.15, 0.2) is 18.2 Å². The number of carbonyl (C=O) groups excluding carboxylic acids is 2. The zero-order chi connectivity index (χ0) is 14.0. The fourth-order valence-corrected chi connectivity index (χ4v) is 1.95. The first kappa shape index (κ1) is 13.6. The van der Waals surface area contributed by atoms with Gasteiger partial charge in [0.1, 0.15) is 0 Å². The number of anilines is 1. The minimum Gasteiger partial charge on any atom is -0.455 e. The molecule has 1 N–H and O–H groups in total. The number of aryl methyl sites for hydroxylation is 2. The van der Waals surface area contributed by atoms with Crippen molar-refractivity contribution in [3.05, 3.63) is 29.3 Å². The van der Waals surface area contributed by atoms with Gasteiger partial charge in [-0.25, -0.2) is 0 Å². The normalized spacial score (nSPS) is 20.8. The van der Waals surface area contributed by atoms with Crippen LogP contribution >= 0.6 is 0 Å². The molecule has 0 bridgehead atoms. The van der Waals surface area contributed by atoms with E-state index < -0.39 is 0 Å². The van der Waals surface area contributed by atoms with Crippen molar-refractivity contribution < 1.29 is 14.3 Å². The predicted molar refractivity (Wildman–Crippen MR) is 72.8 cm³/mol. The minimum absolute atomic E-state index is 0.00601. The van der Waals surface area contributed by atoms with Crippen molar-refractivity contribution in [1.29, 1.82) is 0 Å². The molecule has 1 aliphatic carbocycles. The van der Waals surface area contributed by atoms with Crippen LogP contribution in [-0.2, 0) is 14.3 Å². The Morgan fingerprint density at radius 2 is 2.05 bits per heavy atom. The van der Waals surface area contributed by atoms with Crippen molar-refractivity contribution in [2.24, 2.45) is 11.8 Å². The minimum atomic E-state index is -0.296. The molecular weight excluding hydrogens is 242 g/mol. The fraction of sp³-hybridized carbons (Fsp3) is 0.467. The lowest BCUT2D eigenvalue weighted by Crippen LogP contribution is -2.22. The molecular formula is C15H19NO3.